The van der Waals surface area contributed by atoms with E-state index in [4.69, 9.17) is 16.3 Å². The van der Waals surface area contributed by atoms with E-state index < -0.39 is 11.7 Å². The summed E-state index contributed by atoms with van der Waals surface area (Å²) in [5.74, 6) is 0. The number of hydrogen-bond acceptors (Lipinski definition) is 2. The highest BCUT2D eigenvalue weighted by atomic mass is 35.5. The van der Waals surface area contributed by atoms with Crippen LogP contribution < -0.4 is 5.32 Å². The van der Waals surface area contributed by atoms with Crippen LogP contribution in [0.1, 0.15) is 39.3 Å². The zero-order chi connectivity index (χ0) is 13.1. The van der Waals surface area contributed by atoms with Crippen LogP contribution in [0.3, 0.4) is 0 Å². The zero-order valence-electron chi connectivity index (χ0n) is 10.6. The highest BCUT2D eigenvalue weighted by molar-refractivity contribution is 6.30. The third-order valence-electron chi connectivity index (χ3n) is 2.08. The summed E-state index contributed by atoms with van der Waals surface area (Å²) in [6.07, 6.45) is -0.426. The molecular weight excluding hydrogens is 238 g/mol. The smallest absolute Gasteiger partial charge is 0.408 e. The number of benzene rings is 1. The average molecular weight is 256 g/mol. The number of rotatable bonds is 2. The Labute approximate surface area is 107 Å². The summed E-state index contributed by atoms with van der Waals surface area (Å²) in [7, 11) is 0. The van der Waals surface area contributed by atoms with E-state index in [2.05, 4.69) is 5.32 Å². The van der Waals surface area contributed by atoms with Gasteiger partial charge in [-0.25, -0.2) is 4.79 Å². The first kappa shape index (κ1) is 13.8. The summed E-state index contributed by atoms with van der Waals surface area (Å²) >= 11 is 5.89. The summed E-state index contributed by atoms with van der Waals surface area (Å²) in [6.45, 7) is 7.37. The lowest BCUT2D eigenvalue weighted by molar-refractivity contribution is 0.0508. The maximum absolute atomic E-state index is 11.6. The molecule has 0 spiro atoms. The van der Waals surface area contributed by atoms with Crippen LogP contribution in [-0.4, -0.2) is 11.7 Å². The third-order valence-corrected chi connectivity index (χ3v) is 2.32. The molecule has 0 radical (unpaired) electrons. The van der Waals surface area contributed by atoms with Crippen molar-refractivity contribution in [2.75, 3.05) is 0 Å². The van der Waals surface area contributed by atoms with Gasteiger partial charge in [-0.3, -0.25) is 0 Å². The Morgan fingerprint density at radius 1 is 1.41 bits per heavy atom. The van der Waals surface area contributed by atoms with Gasteiger partial charge >= 0.3 is 6.09 Å². The van der Waals surface area contributed by atoms with Crippen molar-refractivity contribution in [1.29, 1.82) is 0 Å². The summed E-state index contributed by atoms with van der Waals surface area (Å²) in [6, 6.07) is 7.25. The minimum atomic E-state index is -0.488. The molecule has 0 aliphatic rings. The van der Waals surface area contributed by atoms with Gasteiger partial charge in [-0.05, 0) is 45.4 Å². The van der Waals surface area contributed by atoms with E-state index in [1.165, 1.54) is 0 Å². The van der Waals surface area contributed by atoms with Gasteiger partial charge in [0, 0.05) is 5.02 Å². The average Bonchev–Trinajstić information content (AvgIpc) is 2.14. The van der Waals surface area contributed by atoms with Gasteiger partial charge in [0.15, 0.2) is 0 Å². The predicted molar refractivity (Wildman–Crippen MR) is 69.2 cm³/mol. The van der Waals surface area contributed by atoms with E-state index in [1.807, 2.05) is 45.9 Å². The first-order valence-electron chi connectivity index (χ1n) is 5.53. The van der Waals surface area contributed by atoms with Crippen LogP contribution in [0.4, 0.5) is 4.79 Å². The second kappa shape index (κ2) is 5.41. The number of ether oxygens (including phenoxy) is 1. The molecule has 1 aromatic rings. The van der Waals surface area contributed by atoms with Gasteiger partial charge in [0.25, 0.3) is 0 Å². The highest BCUT2D eigenvalue weighted by Crippen LogP contribution is 2.18. The van der Waals surface area contributed by atoms with Gasteiger partial charge in [0.2, 0.25) is 0 Å². The Bertz CT molecular complexity index is 399. The molecule has 1 N–H and O–H groups in total. The minimum absolute atomic E-state index is 0.136. The summed E-state index contributed by atoms with van der Waals surface area (Å²) < 4.78 is 5.18. The maximum atomic E-state index is 11.6. The van der Waals surface area contributed by atoms with Gasteiger partial charge < -0.3 is 10.1 Å². The lowest BCUT2D eigenvalue weighted by atomic mass is 10.1. The number of amides is 1. The van der Waals surface area contributed by atoms with E-state index in [-0.39, 0.29) is 6.04 Å². The number of halogens is 1. The number of nitrogens with one attached hydrogen (secondary N) is 1. The Hall–Kier alpha value is -1.22. The Morgan fingerprint density at radius 3 is 2.59 bits per heavy atom. The molecule has 0 saturated carbocycles. The molecule has 1 rings (SSSR count). The predicted octanol–water partition coefficient (Wildman–Crippen LogP) is 3.93. The molecule has 94 valence electrons. The molecule has 1 amide bonds. The van der Waals surface area contributed by atoms with Crippen molar-refractivity contribution in [2.45, 2.75) is 39.3 Å². The van der Waals surface area contributed by atoms with E-state index in [1.54, 1.807) is 6.07 Å². The van der Waals surface area contributed by atoms with Gasteiger partial charge in [0.05, 0.1) is 6.04 Å². The number of alkyl carbamates (subject to hydrolysis) is 1. The quantitative estimate of drug-likeness (QED) is 0.870. The normalized spacial score (nSPS) is 13.0. The van der Waals surface area contributed by atoms with Crippen molar-refractivity contribution in [3.63, 3.8) is 0 Å². The lowest BCUT2D eigenvalue weighted by Gasteiger charge is -2.22. The molecule has 0 bridgehead atoms. The molecular formula is C13H18ClNO2. The molecule has 1 aromatic carbocycles. The second-order valence-electron chi connectivity index (χ2n) is 4.92. The van der Waals surface area contributed by atoms with Crippen LogP contribution in [0.15, 0.2) is 24.3 Å². The molecule has 0 aliphatic heterocycles. The van der Waals surface area contributed by atoms with Crippen molar-refractivity contribution < 1.29 is 9.53 Å². The van der Waals surface area contributed by atoms with Gasteiger partial charge in [0.1, 0.15) is 5.60 Å². The third kappa shape index (κ3) is 5.09. The zero-order valence-corrected chi connectivity index (χ0v) is 11.3. The molecule has 17 heavy (non-hydrogen) atoms. The number of hydrogen-bond donors (Lipinski definition) is 1. The van der Waals surface area contributed by atoms with Gasteiger partial charge in [-0.1, -0.05) is 23.7 Å². The van der Waals surface area contributed by atoms with Crippen LogP contribution in [0, 0.1) is 0 Å². The van der Waals surface area contributed by atoms with Crippen LogP contribution in [0.2, 0.25) is 5.02 Å². The van der Waals surface area contributed by atoms with Crippen molar-refractivity contribution in [3.8, 4) is 0 Å². The topological polar surface area (TPSA) is 38.3 Å². The van der Waals surface area contributed by atoms with Crippen molar-refractivity contribution in [3.05, 3.63) is 34.9 Å². The summed E-state index contributed by atoms with van der Waals surface area (Å²) in [4.78, 5) is 11.6. The fraction of sp³-hybridized carbons (Fsp3) is 0.462. The largest absolute Gasteiger partial charge is 0.444 e. The Kier molecular flexibility index (Phi) is 4.40. The number of carbonyl (C=O) groups is 1. The molecule has 1 atom stereocenters. The van der Waals surface area contributed by atoms with E-state index in [9.17, 15) is 4.79 Å². The van der Waals surface area contributed by atoms with Crippen LogP contribution in [0.5, 0.6) is 0 Å². The molecule has 0 unspecified atom stereocenters. The minimum Gasteiger partial charge on any atom is -0.444 e. The molecule has 4 heteroatoms. The first-order valence-corrected chi connectivity index (χ1v) is 5.91. The monoisotopic (exact) mass is 255 g/mol. The second-order valence-corrected chi connectivity index (χ2v) is 5.36. The highest BCUT2D eigenvalue weighted by Gasteiger charge is 2.18. The van der Waals surface area contributed by atoms with Gasteiger partial charge in [-0.2, -0.15) is 0 Å². The fourth-order valence-corrected chi connectivity index (χ4v) is 1.54. The Balaban J connectivity index is 2.61. The van der Waals surface area contributed by atoms with Gasteiger partial charge in [-0.15, -0.1) is 0 Å². The summed E-state index contributed by atoms with van der Waals surface area (Å²) in [5, 5.41) is 3.41. The standard InChI is InChI=1S/C13H18ClNO2/c1-9(10-6-5-7-11(14)8-10)15-12(16)17-13(2,3)4/h5-9H,1-4H3,(H,15,16)/t9-/m1/s1. The maximum Gasteiger partial charge on any atom is 0.408 e. The van der Waals surface area contributed by atoms with Crippen molar-refractivity contribution in [2.24, 2.45) is 0 Å². The lowest BCUT2D eigenvalue weighted by Crippen LogP contribution is -2.34. The van der Waals surface area contributed by atoms with Crippen molar-refractivity contribution >= 4 is 17.7 Å². The van der Waals surface area contributed by atoms with Crippen LogP contribution >= 0.6 is 11.6 Å². The molecule has 3 nitrogen and oxygen atoms in total. The van der Waals surface area contributed by atoms with E-state index in [0.717, 1.165) is 5.56 Å². The fourth-order valence-electron chi connectivity index (χ4n) is 1.34. The molecule has 0 heterocycles. The SMILES string of the molecule is C[C@@H](NC(=O)OC(C)(C)C)c1cccc(Cl)c1. The number of carbonyl (C=O) groups excluding carboxylic acids is 1. The molecule has 0 fully saturated rings. The van der Waals surface area contributed by atoms with E-state index >= 15 is 0 Å². The molecule has 0 aromatic heterocycles. The Morgan fingerprint density at radius 2 is 2.06 bits per heavy atom. The first-order chi connectivity index (χ1) is 7.78. The van der Waals surface area contributed by atoms with Crippen molar-refractivity contribution in [1.82, 2.24) is 5.32 Å². The van der Waals surface area contributed by atoms with E-state index in [0.29, 0.717) is 5.02 Å². The van der Waals surface area contributed by atoms with Crippen LogP contribution in [0.25, 0.3) is 0 Å². The molecule has 0 saturated heterocycles. The van der Waals surface area contributed by atoms with Crippen LogP contribution in [-0.2, 0) is 4.74 Å². The summed E-state index contributed by atoms with van der Waals surface area (Å²) in [5.41, 5.74) is 0.460. The molecule has 0 aliphatic carbocycles.